The molecule has 1 heterocycles. The van der Waals surface area contributed by atoms with Crippen molar-refractivity contribution in [3.63, 3.8) is 0 Å². The molecular weight excluding hydrogens is 606 g/mol. The molecule has 1 aliphatic heterocycles. The highest BCUT2D eigenvalue weighted by Crippen LogP contribution is 2.35. The Hall–Kier alpha value is -5.55. The minimum absolute atomic E-state index is 0.00976. The Labute approximate surface area is 270 Å². The first-order valence-corrected chi connectivity index (χ1v) is 15.1. The summed E-state index contributed by atoms with van der Waals surface area (Å²) >= 11 is 1.28. The molecule has 11 heteroatoms. The molecule has 0 aliphatic carbocycles. The molecule has 1 fully saturated rings. The van der Waals surface area contributed by atoms with Gasteiger partial charge in [-0.05, 0) is 78.9 Å². The number of nitrogens with one attached hydrogen (secondary N) is 2. The molecule has 1 unspecified atom stereocenters. The van der Waals surface area contributed by atoms with Crippen LogP contribution in [0.4, 0.5) is 11.4 Å². The monoisotopic (exact) mass is 637 g/mol. The van der Waals surface area contributed by atoms with Crippen LogP contribution in [0, 0.1) is 0 Å². The molecule has 1 aliphatic rings. The number of carbonyl (C=O) groups is 4. The number of hydrogen-bond donors (Lipinski definition) is 2. The van der Waals surface area contributed by atoms with Crippen LogP contribution >= 0.6 is 11.8 Å². The van der Waals surface area contributed by atoms with E-state index in [2.05, 4.69) is 10.6 Å². The van der Waals surface area contributed by atoms with Crippen molar-refractivity contribution in [3.05, 3.63) is 114 Å². The van der Waals surface area contributed by atoms with Gasteiger partial charge in [0, 0.05) is 34.2 Å². The van der Waals surface area contributed by atoms with E-state index in [1.54, 1.807) is 104 Å². The largest absolute Gasteiger partial charge is 0.497 e. The molecule has 234 valence electrons. The highest BCUT2D eigenvalue weighted by Gasteiger charge is 2.40. The second-order valence-electron chi connectivity index (χ2n) is 10.0. The summed E-state index contributed by atoms with van der Waals surface area (Å²) in [6.07, 6.45) is 1.59. The number of nitrogens with zero attached hydrogens (tertiary/aromatic N) is 1. The molecule has 1 saturated heterocycles. The van der Waals surface area contributed by atoms with Crippen LogP contribution in [0.2, 0.25) is 0 Å². The van der Waals surface area contributed by atoms with Gasteiger partial charge in [0.15, 0.2) is 0 Å². The van der Waals surface area contributed by atoms with Gasteiger partial charge in [-0.15, -0.1) is 11.8 Å². The lowest BCUT2D eigenvalue weighted by molar-refractivity contribution is -0.121. The van der Waals surface area contributed by atoms with Gasteiger partial charge in [-0.2, -0.15) is 0 Å². The van der Waals surface area contributed by atoms with Crippen LogP contribution in [0.15, 0.2) is 108 Å². The predicted molar refractivity (Wildman–Crippen MR) is 176 cm³/mol. The van der Waals surface area contributed by atoms with Gasteiger partial charge in [-0.3, -0.25) is 19.2 Å². The van der Waals surface area contributed by atoms with Crippen molar-refractivity contribution in [2.75, 3.05) is 31.5 Å². The van der Waals surface area contributed by atoms with Crippen molar-refractivity contribution in [1.29, 1.82) is 0 Å². The predicted octanol–water partition coefficient (Wildman–Crippen LogP) is 5.55. The normalized spacial score (nSPS) is 14.5. The molecule has 0 bridgehead atoms. The van der Waals surface area contributed by atoms with Crippen LogP contribution in [0.1, 0.15) is 22.3 Å². The third-order valence-electron chi connectivity index (χ3n) is 7.10. The Kier molecular flexibility index (Phi) is 10.0. The quantitative estimate of drug-likeness (QED) is 0.162. The lowest BCUT2D eigenvalue weighted by atomic mass is 10.1. The van der Waals surface area contributed by atoms with Crippen LogP contribution in [0.3, 0.4) is 0 Å². The number of anilines is 2. The van der Waals surface area contributed by atoms with Gasteiger partial charge in [0.25, 0.3) is 11.8 Å². The van der Waals surface area contributed by atoms with E-state index in [1.165, 1.54) is 37.0 Å². The molecule has 0 radical (unpaired) electrons. The van der Waals surface area contributed by atoms with E-state index in [1.807, 2.05) is 0 Å². The minimum Gasteiger partial charge on any atom is -0.497 e. The van der Waals surface area contributed by atoms with E-state index < -0.39 is 17.1 Å². The molecule has 0 saturated carbocycles. The van der Waals surface area contributed by atoms with Gasteiger partial charge in [0.05, 0.1) is 32.3 Å². The van der Waals surface area contributed by atoms with Crippen LogP contribution in [-0.2, 0) is 14.4 Å². The molecule has 0 aromatic heterocycles. The molecule has 4 aromatic carbocycles. The molecule has 5 rings (SSSR count). The summed E-state index contributed by atoms with van der Waals surface area (Å²) in [6.45, 7) is 0. The van der Waals surface area contributed by atoms with Crippen LogP contribution in [0.5, 0.6) is 17.2 Å². The average Bonchev–Trinajstić information content (AvgIpc) is 3.37. The van der Waals surface area contributed by atoms with Crippen molar-refractivity contribution < 1.29 is 33.4 Å². The Morgan fingerprint density at radius 3 is 2.15 bits per heavy atom. The number of rotatable bonds is 11. The highest BCUT2D eigenvalue weighted by atomic mass is 32.2. The van der Waals surface area contributed by atoms with E-state index in [4.69, 9.17) is 14.2 Å². The first kappa shape index (κ1) is 31.9. The Morgan fingerprint density at radius 2 is 1.50 bits per heavy atom. The second-order valence-corrected chi connectivity index (χ2v) is 11.3. The topological polar surface area (TPSA) is 123 Å². The van der Waals surface area contributed by atoms with Crippen molar-refractivity contribution >= 4 is 52.8 Å². The molecule has 46 heavy (non-hydrogen) atoms. The standard InChI is InChI=1S/C35H31N3O7S/c1-43-26-15-12-25(13-16-26)38-32(39)21-31(35(38)42)46-28-17-10-24(11-18-28)36-34(41)29(37-33(40)22-7-5-4-6-8-22)19-23-9-14-27(44-2)20-30(23)45-3/h4-20,31H,21H2,1-3H3,(H,36,41)(H,37,40)/b29-19-. The summed E-state index contributed by atoms with van der Waals surface area (Å²) in [7, 11) is 4.58. The maximum absolute atomic E-state index is 13.5. The number of thioether (sulfide) groups is 1. The van der Waals surface area contributed by atoms with E-state index in [9.17, 15) is 19.2 Å². The first-order valence-electron chi connectivity index (χ1n) is 14.2. The van der Waals surface area contributed by atoms with Gasteiger partial charge in [-0.25, -0.2) is 4.90 Å². The van der Waals surface area contributed by atoms with E-state index in [-0.39, 0.29) is 23.9 Å². The third kappa shape index (κ3) is 7.39. The molecular formula is C35H31N3O7S. The Bertz CT molecular complexity index is 1770. The van der Waals surface area contributed by atoms with Gasteiger partial charge >= 0.3 is 0 Å². The number of methoxy groups -OCH3 is 3. The average molecular weight is 638 g/mol. The zero-order chi connectivity index (χ0) is 32.6. The SMILES string of the molecule is COc1ccc(N2C(=O)CC(Sc3ccc(NC(=O)/C(=C/c4ccc(OC)cc4OC)NC(=O)c4ccccc4)cc3)C2=O)cc1. The number of benzene rings is 4. The Morgan fingerprint density at radius 1 is 0.826 bits per heavy atom. The first-order chi connectivity index (χ1) is 22.3. The van der Waals surface area contributed by atoms with Gasteiger partial charge in [-0.1, -0.05) is 18.2 Å². The number of amides is 4. The van der Waals surface area contributed by atoms with Crippen molar-refractivity contribution in [3.8, 4) is 17.2 Å². The summed E-state index contributed by atoms with van der Waals surface area (Å²) in [4.78, 5) is 54.3. The van der Waals surface area contributed by atoms with Gasteiger partial charge < -0.3 is 24.8 Å². The summed E-state index contributed by atoms with van der Waals surface area (Å²) in [5, 5.41) is 4.94. The number of hydrogen-bond acceptors (Lipinski definition) is 8. The lowest BCUT2D eigenvalue weighted by Crippen LogP contribution is -2.31. The van der Waals surface area contributed by atoms with Crippen molar-refractivity contribution in [2.24, 2.45) is 0 Å². The molecule has 4 amide bonds. The van der Waals surface area contributed by atoms with E-state index in [0.717, 1.165) is 4.90 Å². The van der Waals surface area contributed by atoms with E-state index >= 15 is 0 Å². The maximum atomic E-state index is 13.5. The fourth-order valence-corrected chi connectivity index (χ4v) is 5.77. The van der Waals surface area contributed by atoms with Crippen LogP contribution < -0.4 is 29.7 Å². The van der Waals surface area contributed by atoms with E-state index in [0.29, 0.717) is 39.8 Å². The summed E-state index contributed by atoms with van der Waals surface area (Å²) < 4.78 is 15.9. The van der Waals surface area contributed by atoms with Crippen molar-refractivity contribution in [1.82, 2.24) is 5.32 Å². The maximum Gasteiger partial charge on any atom is 0.272 e. The smallest absolute Gasteiger partial charge is 0.272 e. The summed E-state index contributed by atoms with van der Waals surface area (Å²) in [6, 6.07) is 27.3. The fraction of sp³-hybridized carbons (Fsp3) is 0.143. The molecule has 1 atom stereocenters. The minimum atomic E-state index is -0.586. The number of ether oxygens (including phenoxy) is 3. The van der Waals surface area contributed by atoms with Gasteiger partial charge in [0.2, 0.25) is 11.8 Å². The molecule has 4 aromatic rings. The highest BCUT2D eigenvalue weighted by molar-refractivity contribution is 8.00. The third-order valence-corrected chi connectivity index (χ3v) is 8.29. The van der Waals surface area contributed by atoms with Crippen LogP contribution in [0.25, 0.3) is 6.08 Å². The summed E-state index contributed by atoms with van der Waals surface area (Å²) in [5.74, 6) is 0.0590. The number of carbonyl (C=O) groups excluding carboxylic acids is 4. The lowest BCUT2D eigenvalue weighted by Gasteiger charge is -2.15. The van der Waals surface area contributed by atoms with Crippen molar-refractivity contribution in [2.45, 2.75) is 16.6 Å². The number of imide groups is 1. The van der Waals surface area contributed by atoms with Crippen LogP contribution in [-0.4, -0.2) is 50.2 Å². The molecule has 2 N–H and O–H groups in total. The Balaban J connectivity index is 1.30. The zero-order valence-electron chi connectivity index (χ0n) is 25.3. The molecule has 0 spiro atoms. The van der Waals surface area contributed by atoms with Gasteiger partial charge in [0.1, 0.15) is 22.9 Å². The second kappa shape index (κ2) is 14.5. The summed E-state index contributed by atoms with van der Waals surface area (Å²) in [5.41, 5.74) is 1.88. The molecule has 10 nitrogen and oxygen atoms in total. The fourth-order valence-electron chi connectivity index (χ4n) is 4.71. The zero-order valence-corrected chi connectivity index (χ0v) is 26.1.